The topological polar surface area (TPSA) is 63.7 Å². The second kappa shape index (κ2) is 8.38. The fourth-order valence-electron chi connectivity index (χ4n) is 3.14. The molecule has 4 rings (SSSR count). The van der Waals surface area contributed by atoms with Crippen molar-refractivity contribution in [2.75, 3.05) is 0 Å². The molecule has 0 spiro atoms. The summed E-state index contributed by atoms with van der Waals surface area (Å²) in [5.41, 5.74) is 0.289. The van der Waals surface area contributed by atoms with Crippen molar-refractivity contribution in [3.63, 3.8) is 0 Å². The minimum atomic E-state index is -0.776. The first-order valence-corrected chi connectivity index (χ1v) is 10.6. The maximum absolute atomic E-state index is 12.3. The third-order valence-corrected chi connectivity index (χ3v) is 7.01. The van der Waals surface area contributed by atoms with Gasteiger partial charge in [-0.3, -0.25) is 9.59 Å². The van der Waals surface area contributed by atoms with E-state index < -0.39 is 25.7 Å². The molecule has 3 aromatic rings. The van der Waals surface area contributed by atoms with Crippen molar-refractivity contribution < 1.29 is 19.2 Å². The Kier molecular flexibility index (Phi) is 5.50. The summed E-state index contributed by atoms with van der Waals surface area (Å²) in [6.07, 6.45) is 0.146. The molecule has 3 aromatic carbocycles. The first kappa shape index (κ1) is 19.0. The number of rotatable bonds is 5. The van der Waals surface area contributed by atoms with Crippen LogP contribution in [0.15, 0.2) is 84.9 Å². The van der Waals surface area contributed by atoms with Gasteiger partial charge in [-0.2, -0.15) is 0 Å². The third-order valence-electron chi connectivity index (χ3n) is 4.57. The number of nitrogens with zero attached hydrogens (tertiary/aromatic N) is 1. The van der Waals surface area contributed by atoms with Crippen LogP contribution in [0, 0.1) is 0 Å². The summed E-state index contributed by atoms with van der Waals surface area (Å²) in [6, 6.07) is 27.6. The minimum Gasteiger partial charge on any atom is -0.325 e. The van der Waals surface area contributed by atoms with Gasteiger partial charge in [0, 0.05) is 12.8 Å². The summed E-state index contributed by atoms with van der Waals surface area (Å²) in [4.78, 5) is 40.6. The Bertz CT molecular complexity index is 980. The molecule has 0 bridgehead atoms. The highest BCUT2D eigenvalue weighted by atomic mass is 31.1. The van der Waals surface area contributed by atoms with Gasteiger partial charge in [0.05, 0.1) is 5.56 Å². The van der Waals surface area contributed by atoms with Gasteiger partial charge in [-0.25, -0.2) is 4.79 Å². The second-order valence-electron chi connectivity index (χ2n) is 6.51. The van der Waals surface area contributed by atoms with Crippen LogP contribution in [0.4, 0.5) is 0 Å². The fourth-order valence-corrected chi connectivity index (χ4v) is 5.42. The van der Waals surface area contributed by atoms with Crippen molar-refractivity contribution in [3.05, 3.63) is 90.5 Å². The van der Waals surface area contributed by atoms with Gasteiger partial charge in [-0.15, -0.1) is 5.06 Å². The minimum absolute atomic E-state index is 0.0729. The van der Waals surface area contributed by atoms with Gasteiger partial charge < -0.3 is 4.84 Å². The maximum atomic E-state index is 12.3. The quantitative estimate of drug-likeness (QED) is 0.485. The van der Waals surface area contributed by atoms with Gasteiger partial charge in [-0.05, 0) is 36.0 Å². The van der Waals surface area contributed by atoms with Crippen LogP contribution < -0.4 is 15.9 Å². The van der Waals surface area contributed by atoms with Crippen LogP contribution in [0.5, 0.6) is 0 Å². The van der Waals surface area contributed by atoms with Crippen LogP contribution in [0.3, 0.4) is 0 Å². The van der Waals surface area contributed by atoms with E-state index in [0.717, 1.165) is 5.30 Å². The number of hydroxylamine groups is 2. The molecule has 0 aromatic heterocycles. The summed E-state index contributed by atoms with van der Waals surface area (Å²) in [5, 5.41) is 4.06. The number of imide groups is 1. The van der Waals surface area contributed by atoms with Gasteiger partial charge in [0.15, 0.2) is 0 Å². The lowest BCUT2D eigenvalue weighted by Crippen LogP contribution is -2.32. The van der Waals surface area contributed by atoms with Gasteiger partial charge in [-0.1, -0.05) is 72.8 Å². The van der Waals surface area contributed by atoms with E-state index in [1.54, 1.807) is 12.1 Å². The molecule has 29 heavy (non-hydrogen) atoms. The van der Waals surface area contributed by atoms with Gasteiger partial charge in [0.25, 0.3) is 11.8 Å². The van der Waals surface area contributed by atoms with Crippen LogP contribution in [-0.4, -0.2) is 22.8 Å². The zero-order chi connectivity index (χ0) is 20.2. The lowest BCUT2D eigenvalue weighted by atomic mass is 10.2. The van der Waals surface area contributed by atoms with Crippen LogP contribution >= 0.6 is 7.92 Å². The van der Waals surface area contributed by atoms with Gasteiger partial charge in [0.2, 0.25) is 0 Å². The molecule has 1 aliphatic rings. The molecule has 1 fully saturated rings. The normalized spacial score (nSPS) is 13.8. The zero-order valence-corrected chi connectivity index (χ0v) is 16.4. The molecule has 2 amide bonds. The lowest BCUT2D eigenvalue weighted by Gasteiger charge is -2.19. The Morgan fingerprint density at radius 2 is 1.14 bits per heavy atom. The number of carbonyl (C=O) groups is 3. The summed E-state index contributed by atoms with van der Waals surface area (Å²) in [6.45, 7) is 0. The first-order chi connectivity index (χ1) is 14.1. The summed E-state index contributed by atoms with van der Waals surface area (Å²) in [5.74, 6) is -1.70. The Hall–Kier alpha value is -3.30. The molecule has 0 atom stereocenters. The SMILES string of the molecule is O=C(ON1C(=O)CCC1=O)c1ccc(P(c2ccccc2)c2ccccc2)cc1. The van der Waals surface area contributed by atoms with E-state index in [2.05, 4.69) is 24.3 Å². The molecule has 5 nitrogen and oxygen atoms in total. The molecule has 6 heteroatoms. The van der Waals surface area contributed by atoms with E-state index >= 15 is 0 Å². The first-order valence-electron chi connectivity index (χ1n) is 9.22. The molecule has 0 radical (unpaired) electrons. The zero-order valence-electron chi connectivity index (χ0n) is 15.5. The molecule has 1 saturated heterocycles. The van der Waals surface area contributed by atoms with Crippen molar-refractivity contribution in [1.29, 1.82) is 0 Å². The third kappa shape index (κ3) is 4.10. The number of hydrogen-bond acceptors (Lipinski definition) is 4. The number of benzene rings is 3. The number of carbonyl (C=O) groups excluding carboxylic acids is 3. The molecular formula is C23H18NO4P. The molecule has 0 unspecified atom stereocenters. The molecule has 0 saturated carbocycles. The monoisotopic (exact) mass is 403 g/mol. The van der Waals surface area contributed by atoms with Crippen LogP contribution in [0.2, 0.25) is 0 Å². The average molecular weight is 403 g/mol. The van der Waals surface area contributed by atoms with E-state index in [1.165, 1.54) is 10.6 Å². The molecule has 1 heterocycles. The average Bonchev–Trinajstić information content (AvgIpc) is 3.08. The van der Waals surface area contributed by atoms with Crippen molar-refractivity contribution in [3.8, 4) is 0 Å². The van der Waals surface area contributed by atoms with Gasteiger partial charge >= 0.3 is 5.97 Å². The molecule has 144 valence electrons. The van der Waals surface area contributed by atoms with E-state index in [-0.39, 0.29) is 18.4 Å². The largest absolute Gasteiger partial charge is 0.363 e. The summed E-state index contributed by atoms with van der Waals surface area (Å²) < 4.78 is 0. The number of hydrogen-bond donors (Lipinski definition) is 0. The molecule has 0 aliphatic carbocycles. The Balaban J connectivity index is 1.60. The Morgan fingerprint density at radius 3 is 1.62 bits per heavy atom. The van der Waals surface area contributed by atoms with Crippen molar-refractivity contribution >= 4 is 41.6 Å². The molecular weight excluding hydrogens is 385 g/mol. The van der Waals surface area contributed by atoms with Crippen LogP contribution in [-0.2, 0) is 14.4 Å². The standard InChI is InChI=1S/C23H18NO4P/c25-21-15-16-22(26)24(21)28-23(27)17-11-13-20(14-12-17)29(18-7-3-1-4-8-18)19-9-5-2-6-10-19/h1-14H,15-16H2. The van der Waals surface area contributed by atoms with E-state index in [0.29, 0.717) is 5.06 Å². The maximum Gasteiger partial charge on any atom is 0.363 e. The fraction of sp³-hybridized carbons (Fsp3) is 0.0870. The van der Waals surface area contributed by atoms with Crippen molar-refractivity contribution in [1.82, 2.24) is 5.06 Å². The summed E-state index contributed by atoms with van der Waals surface area (Å²) >= 11 is 0. The highest BCUT2D eigenvalue weighted by molar-refractivity contribution is 7.79. The Labute approximate surface area is 169 Å². The van der Waals surface area contributed by atoms with Crippen LogP contribution in [0.25, 0.3) is 0 Å². The molecule has 0 N–H and O–H groups in total. The van der Waals surface area contributed by atoms with E-state index in [4.69, 9.17) is 4.84 Å². The second-order valence-corrected chi connectivity index (χ2v) is 8.73. The van der Waals surface area contributed by atoms with E-state index in [1.807, 2.05) is 48.5 Å². The number of amides is 2. The molecule has 1 aliphatic heterocycles. The lowest BCUT2D eigenvalue weighted by molar-refractivity contribution is -0.172. The van der Waals surface area contributed by atoms with Crippen LogP contribution in [0.1, 0.15) is 23.2 Å². The van der Waals surface area contributed by atoms with E-state index in [9.17, 15) is 14.4 Å². The highest BCUT2D eigenvalue weighted by Gasteiger charge is 2.33. The van der Waals surface area contributed by atoms with Crippen molar-refractivity contribution in [2.45, 2.75) is 12.8 Å². The van der Waals surface area contributed by atoms with Crippen molar-refractivity contribution in [2.24, 2.45) is 0 Å². The predicted octanol–water partition coefficient (Wildman–Crippen LogP) is 2.67. The predicted molar refractivity (Wildman–Crippen MR) is 112 cm³/mol. The highest BCUT2D eigenvalue weighted by Crippen LogP contribution is 2.32. The van der Waals surface area contributed by atoms with Gasteiger partial charge in [0.1, 0.15) is 0 Å². The summed E-state index contributed by atoms with van der Waals surface area (Å²) in [7, 11) is -0.776. The Morgan fingerprint density at radius 1 is 0.690 bits per heavy atom. The smallest absolute Gasteiger partial charge is 0.325 e.